The number of morpholine rings is 1. The maximum Gasteiger partial charge on any atom is 0.261 e. The Balaban J connectivity index is 1.48. The highest BCUT2D eigenvalue weighted by Crippen LogP contribution is 2.32. The number of aromatic nitrogens is 2. The van der Waals surface area contributed by atoms with Crippen molar-refractivity contribution in [3.05, 3.63) is 58.1 Å². The molecule has 192 valence electrons. The van der Waals surface area contributed by atoms with Gasteiger partial charge in [-0.3, -0.25) is 9.36 Å². The monoisotopic (exact) mass is 495 g/mol. The number of nitrogens with zero attached hydrogens (tertiary/aromatic N) is 3. The van der Waals surface area contributed by atoms with Gasteiger partial charge in [-0.1, -0.05) is 6.07 Å². The fourth-order valence-corrected chi connectivity index (χ4v) is 5.12. The van der Waals surface area contributed by atoms with Crippen molar-refractivity contribution < 1.29 is 23.7 Å². The molecule has 3 atom stereocenters. The van der Waals surface area contributed by atoms with Crippen LogP contribution in [0, 0.1) is 0 Å². The first kappa shape index (κ1) is 24.5. The highest BCUT2D eigenvalue weighted by molar-refractivity contribution is 5.82. The van der Waals surface area contributed by atoms with E-state index in [0.717, 1.165) is 24.3 Å². The van der Waals surface area contributed by atoms with Crippen molar-refractivity contribution >= 4 is 16.6 Å². The van der Waals surface area contributed by atoms with Crippen molar-refractivity contribution in [3.63, 3.8) is 0 Å². The molecule has 2 aliphatic heterocycles. The first-order chi connectivity index (χ1) is 17.5. The van der Waals surface area contributed by atoms with Gasteiger partial charge in [0, 0.05) is 25.9 Å². The molecular formula is C27H33N3O6. The van der Waals surface area contributed by atoms with E-state index in [-0.39, 0.29) is 23.8 Å². The Kier molecular flexibility index (Phi) is 7.13. The molecule has 36 heavy (non-hydrogen) atoms. The van der Waals surface area contributed by atoms with Gasteiger partial charge in [0.05, 0.1) is 57.1 Å². The van der Waals surface area contributed by atoms with E-state index in [1.54, 1.807) is 21.3 Å². The number of hydrogen-bond acceptors (Lipinski definition) is 8. The Hall–Kier alpha value is -3.14. The third kappa shape index (κ3) is 4.66. The van der Waals surface area contributed by atoms with Crippen molar-refractivity contribution in [2.45, 2.75) is 31.6 Å². The zero-order valence-electron chi connectivity index (χ0n) is 21.2. The lowest BCUT2D eigenvalue weighted by atomic mass is 10.0. The van der Waals surface area contributed by atoms with E-state index in [9.17, 15) is 4.79 Å². The fourth-order valence-electron chi connectivity index (χ4n) is 5.12. The minimum Gasteiger partial charge on any atom is -0.493 e. The van der Waals surface area contributed by atoms with Crippen LogP contribution >= 0.6 is 0 Å². The average molecular weight is 496 g/mol. The number of anilines is 1. The zero-order chi connectivity index (χ0) is 25.2. The molecule has 1 saturated heterocycles. The third-order valence-electron chi connectivity index (χ3n) is 6.96. The van der Waals surface area contributed by atoms with Crippen LogP contribution in [-0.2, 0) is 20.6 Å². The number of ether oxygens (including phenoxy) is 5. The van der Waals surface area contributed by atoms with Gasteiger partial charge in [0.25, 0.3) is 5.56 Å². The van der Waals surface area contributed by atoms with E-state index in [4.69, 9.17) is 28.7 Å². The van der Waals surface area contributed by atoms with Gasteiger partial charge in [0.15, 0.2) is 11.5 Å². The van der Waals surface area contributed by atoms with Crippen molar-refractivity contribution in [2.75, 3.05) is 59.1 Å². The minimum absolute atomic E-state index is 0.0207. The molecule has 0 spiro atoms. The van der Waals surface area contributed by atoms with Gasteiger partial charge in [-0.15, -0.1) is 0 Å². The molecule has 9 heteroatoms. The van der Waals surface area contributed by atoms with Crippen LogP contribution in [0.5, 0.6) is 11.5 Å². The molecule has 2 aromatic carbocycles. The van der Waals surface area contributed by atoms with Crippen LogP contribution < -0.4 is 19.9 Å². The predicted molar refractivity (Wildman–Crippen MR) is 136 cm³/mol. The molecule has 3 aromatic rings. The molecule has 0 saturated carbocycles. The molecule has 3 heterocycles. The largest absolute Gasteiger partial charge is 0.493 e. The van der Waals surface area contributed by atoms with E-state index >= 15 is 0 Å². The van der Waals surface area contributed by atoms with Gasteiger partial charge in [-0.2, -0.15) is 0 Å². The van der Waals surface area contributed by atoms with Crippen molar-refractivity contribution in [2.24, 2.45) is 0 Å². The summed E-state index contributed by atoms with van der Waals surface area (Å²) in [5.74, 6) is 1.98. The molecule has 2 aliphatic rings. The van der Waals surface area contributed by atoms with Crippen molar-refractivity contribution in [3.8, 4) is 11.5 Å². The molecule has 1 unspecified atom stereocenters. The van der Waals surface area contributed by atoms with Gasteiger partial charge in [-0.25, -0.2) is 4.98 Å². The van der Waals surface area contributed by atoms with Gasteiger partial charge in [0.1, 0.15) is 11.9 Å². The van der Waals surface area contributed by atoms with E-state index in [0.29, 0.717) is 54.5 Å². The Morgan fingerprint density at radius 3 is 2.67 bits per heavy atom. The lowest BCUT2D eigenvalue weighted by Gasteiger charge is -2.34. The van der Waals surface area contributed by atoms with Gasteiger partial charge in [-0.05, 0) is 49.2 Å². The summed E-state index contributed by atoms with van der Waals surface area (Å²) in [6.45, 7) is 5.07. The predicted octanol–water partition coefficient (Wildman–Crippen LogP) is 3.14. The highest BCUT2D eigenvalue weighted by atomic mass is 16.5. The van der Waals surface area contributed by atoms with Gasteiger partial charge < -0.3 is 28.6 Å². The third-order valence-corrected chi connectivity index (χ3v) is 6.96. The lowest BCUT2D eigenvalue weighted by molar-refractivity contribution is -0.0100. The number of rotatable bonds is 7. The summed E-state index contributed by atoms with van der Waals surface area (Å²) in [5.41, 5.74) is 2.69. The standard InChI is InChI=1S/C27H33N3O6/c1-17-26-28-23-13-19(29-9-10-35-21(14-29)16-32-2)6-7-22(23)27(31)30(26)20(15-36-17)11-18-5-8-24(33-3)25(12-18)34-4/h5-8,12-13,17,20-21H,9-11,14-16H2,1-4H3/t17?,20-,21-/m1/s1. The van der Waals surface area contributed by atoms with Crippen LogP contribution in [0.15, 0.2) is 41.2 Å². The Bertz CT molecular complexity index is 1290. The molecule has 0 aliphatic carbocycles. The quantitative estimate of drug-likeness (QED) is 0.494. The second-order valence-electron chi connectivity index (χ2n) is 9.26. The molecule has 0 amide bonds. The number of methoxy groups -OCH3 is 3. The Morgan fingerprint density at radius 2 is 1.89 bits per heavy atom. The lowest BCUT2D eigenvalue weighted by Crippen LogP contribution is -2.44. The van der Waals surface area contributed by atoms with Crippen LogP contribution in [-0.4, -0.2) is 69.9 Å². The first-order valence-corrected chi connectivity index (χ1v) is 12.3. The van der Waals surface area contributed by atoms with E-state index in [2.05, 4.69) is 4.90 Å². The Labute approximate surface area is 210 Å². The summed E-state index contributed by atoms with van der Waals surface area (Å²) in [4.78, 5) is 20.9. The second-order valence-corrected chi connectivity index (χ2v) is 9.26. The smallest absolute Gasteiger partial charge is 0.261 e. The molecule has 1 fully saturated rings. The molecule has 5 rings (SSSR count). The average Bonchev–Trinajstić information content (AvgIpc) is 2.90. The fraction of sp³-hybridized carbons (Fsp3) is 0.481. The Morgan fingerprint density at radius 1 is 1.06 bits per heavy atom. The van der Waals surface area contributed by atoms with E-state index < -0.39 is 0 Å². The van der Waals surface area contributed by atoms with Crippen molar-refractivity contribution in [1.82, 2.24) is 9.55 Å². The summed E-state index contributed by atoms with van der Waals surface area (Å²) in [6, 6.07) is 11.5. The summed E-state index contributed by atoms with van der Waals surface area (Å²) in [5, 5.41) is 0.607. The summed E-state index contributed by atoms with van der Waals surface area (Å²) in [6.07, 6.45) is 0.356. The summed E-state index contributed by atoms with van der Waals surface area (Å²) < 4.78 is 29.8. The molecule has 1 aromatic heterocycles. The van der Waals surface area contributed by atoms with Crippen LogP contribution in [0.2, 0.25) is 0 Å². The topological polar surface area (TPSA) is 84.3 Å². The highest BCUT2D eigenvalue weighted by Gasteiger charge is 2.29. The van der Waals surface area contributed by atoms with Gasteiger partial charge >= 0.3 is 0 Å². The van der Waals surface area contributed by atoms with Crippen LogP contribution in [0.25, 0.3) is 10.9 Å². The molecule has 9 nitrogen and oxygen atoms in total. The maximum atomic E-state index is 13.7. The molecular weight excluding hydrogens is 462 g/mol. The summed E-state index contributed by atoms with van der Waals surface area (Å²) >= 11 is 0. The van der Waals surface area contributed by atoms with Crippen LogP contribution in [0.4, 0.5) is 5.69 Å². The zero-order valence-corrected chi connectivity index (χ0v) is 21.2. The van der Waals surface area contributed by atoms with Crippen LogP contribution in [0.1, 0.15) is 30.5 Å². The minimum atomic E-state index is -0.276. The first-order valence-electron chi connectivity index (χ1n) is 12.3. The number of benzene rings is 2. The normalized spacial score (nSPS) is 21.9. The molecule has 0 radical (unpaired) electrons. The second kappa shape index (κ2) is 10.5. The maximum absolute atomic E-state index is 13.7. The van der Waals surface area contributed by atoms with E-state index in [1.165, 1.54) is 0 Å². The molecule has 0 bridgehead atoms. The van der Waals surface area contributed by atoms with Gasteiger partial charge in [0.2, 0.25) is 0 Å². The SMILES string of the molecule is COC[C@H]1CN(c2ccc3c(=O)n4c(nc3c2)C(C)OC[C@H]4Cc2ccc(OC)c(OC)c2)CCO1. The van der Waals surface area contributed by atoms with E-state index in [1.807, 2.05) is 47.9 Å². The summed E-state index contributed by atoms with van der Waals surface area (Å²) in [7, 11) is 4.91. The van der Waals surface area contributed by atoms with Crippen molar-refractivity contribution in [1.29, 1.82) is 0 Å². The number of fused-ring (bicyclic) bond motifs is 2. The number of hydrogen-bond donors (Lipinski definition) is 0. The van der Waals surface area contributed by atoms with Crippen LogP contribution in [0.3, 0.4) is 0 Å². The molecule has 0 N–H and O–H groups in total.